The quantitative estimate of drug-likeness (QED) is 0.769. The minimum absolute atomic E-state index is 0.140. The van der Waals surface area contributed by atoms with Crippen molar-refractivity contribution >= 4 is 23.2 Å². The van der Waals surface area contributed by atoms with Crippen LogP contribution in [-0.2, 0) is 0 Å². The van der Waals surface area contributed by atoms with Gasteiger partial charge in [-0.05, 0) is 36.4 Å². The smallest absolute Gasteiger partial charge is 0.274 e. The Morgan fingerprint density at radius 1 is 0.708 bits per heavy atom. The number of hydrogen-bond donors (Lipinski definition) is 2. The van der Waals surface area contributed by atoms with Crippen molar-refractivity contribution in [1.29, 1.82) is 0 Å². The molecule has 0 saturated carbocycles. The minimum Gasteiger partial charge on any atom is -0.321 e. The first-order chi connectivity index (χ1) is 11.7. The highest BCUT2D eigenvalue weighted by atomic mass is 16.2. The summed E-state index contributed by atoms with van der Waals surface area (Å²) >= 11 is 0. The normalized spacial score (nSPS) is 10.0. The molecule has 0 aromatic carbocycles. The van der Waals surface area contributed by atoms with Crippen molar-refractivity contribution in [1.82, 2.24) is 15.0 Å². The van der Waals surface area contributed by atoms with E-state index in [4.69, 9.17) is 0 Å². The van der Waals surface area contributed by atoms with E-state index in [1.54, 1.807) is 48.9 Å². The molecule has 0 bridgehead atoms. The topological polar surface area (TPSA) is 96.9 Å². The van der Waals surface area contributed by atoms with Gasteiger partial charge in [-0.25, -0.2) is 4.98 Å². The molecule has 0 aliphatic rings. The predicted molar refractivity (Wildman–Crippen MR) is 88.6 cm³/mol. The molecule has 0 atom stereocenters. The molecular formula is C17H13N5O2. The summed E-state index contributed by atoms with van der Waals surface area (Å²) in [5.74, 6) is -0.821. The Labute approximate surface area is 137 Å². The largest absolute Gasteiger partial charge is 0.321 e. The highest BCUT2D eigenvalue weighted by molar-refractivity contribution is 6.06. The van der Waals surface area contributed by atoms with Gasteiger partial charge in [0.25, 0.3) is 11.8 Å². The van der Waals surface area contributed by atoms with Crippen LogP contribution < -0.4 is 10.6 Å². The standard InChI is InChI=1S/C17H13N5O2/c23-16(20-12-6-9-18-10-7-12)14-4-1-5-15(22-14)17(24)21-13-3-2-8-19-11-13/h1-11H,(H,21,24)(H,18,20,23). The Morgan fingerprint density at radius 3 is 2.00 bits per heavy atom. The van der Waals surface area contributed by atoms with Crippen LogP contribution in [0.1, 0.15) is 21.0 Å². The van der Waals surface area contributed by atoms with Crippen LogP contribution in [0.4, 0.5) is 11.4 Å². The zero-order valence-electron chi connectivity index (χ0n) is 12.5. The second-order valence-electron chi connectivity index (χ2n) is 4.79. The van der Waals surface area contributed by atoms with Gasteiger partial charge in [-0.1, -0.05) is 6.07 Å². The Bertz CT molecular complexity index is 784. The van der Waals surface area contributed by atoms with Crippen molar-refractivity contribution in [2.45, 2.75) is 0 Å². The molecule has 0 radical (unpaired) electrons. The lowest BCUT2D eigenvalue weighted by Crippen LogP contribution is -2.18. The van der Waals surface area contributed by atoms with Crippen LogP contribution in [0, 0.1) is 0 Å². The van der Waals surface area contributed by atoms with Crippen LogP contribution in [0.2, 0.25) is 0 Å². The molecule has 3 heterocycles. The van der Waals surface area contributed by atoms with E-state index >= 15 is 0 Å². The summed E-state index contributed by atoms with van der Waals surface area (Å²) in [7, 11) is 0. The van der Waals surface area contributed by atoms with Gasteiger partial charge in [-0.15, -0.1) is 0 Å². The second kappa shape index (κ2) is 7.10. The van der Waals surface area contributed by atoms with E-state index in [1.807, 2.05) is 0 Å². The van der Waals surface area contributed by atoms with Crippen LogP contribution in [0.15, 0.2) is 67.3 Å². The number of anilines is 2. The maximum atomic E-state index is 12.2. The minimum atomic E-state index is -0.415. The molecule has 3 rings (SSSR count). The van der Waals surface area contributed by atoms with Crippen molar-refractivity contribution < 1.29 is 9.59 Å². The first kappa shape index (κ1) is 15.3. The summed E-state index contributed by atoms with van der Waals surface area (Å²) in [5, 5.41) is 5.36. The number of nitrogens with one attached hydrogen (secondary N) is 2. The van der Waals surface area contributed by atoms with Crippen molar-refractivity contribution in [3.8, 4) is 0 Å². The summed E-state index contributed by atoms with van der Waals surface area (Å²) in [5.41, 5.74) is 1.44. The predicted octanol–water partition coefficient (Wildman–Crippen LogP) is 2.38. The van der Waals surface area contributed by atoms with Crippen molar-refractivity contribution in [3.63, 3.8) is 0 Å². The average Bonchev–Trinajstić information content (AvgIpc) is 2.63. The van der Waals surface area contributed by atoms with Gasteiger partial charge in [0, 0.05) is 24.3 Å². The monoisotopic (exact) mass is 319 g/mol. The fourth-order valence-electron chi connectivity index (χ4n) is 1.95. The van der Waals surface area contributed by atoms with Crippen LogP contribution >= 0.6 is 0 Å². The van der Waals surface area contributed by atoms with Gasteiger partial charge in [0.15, 0.2) is 0 Å². The molecule has 0 spiro atoms. The number of hydrogen-bond acceptors (Lipinski definition) is 5. The van der Waals surface area contributed by atoms with E-state index in [0.29, 0.717) is 11.4 Å². The van der Waals surface area contributed by atoms with Crippen molar-refractivity contribution in [3.05, 3.63) is 78.6 Å². The van der Waals surface area contributed by atoms with Gasteiger partial charge < -0.3 is 10.6 Å². The Hall–Kier alpha value is -3.61. The van der Waals surface area contributed by atoms with E-state index < -0.39 is 11.8 Å². The third kappa shape index (κ3) is 3.77. The van der Waals surface area contributed by atoms with E-state index in [-0.39, 0.29) is 11.4 Å². The van der Waals surface area contributed by atoms with E-state index in [0.717, 1.165) is 0 Å². The number of carbonyl (C=O) groups is 2. The number of pyridine rings is 3. The number of carbonyl (C=O) groups excluding carboxylic acids is 2. The SMILES string of the molecule is O=C(Nc1ccncc1)c1cccc(C(=O)Nc2cccnc2)n1. The lowest BCUT2D eigenvalue weighted by molar-refractivity contribution is 0.101. The molecule has 0 fully saturated rings. The Balaban J connectivity index is 1.74. The average molecular weight is 319 g/mol. The van der Waals surface area contributed by atoms with Gasteiger partial charge in [-0.3, -0.25) is 19.6 Å². The fraction of sp³-hybridized carbons (Fsp3) is 0. The molecule has 2 amide bonds. The zero-order valence-corrected chi connectivity index (χ0v) is 12.5. The molecule has 0 aliphatic carbocycles. The molecule has 7 heteroatoms. The third-order valence-corrected chi connectivity index (χ3v) is 3.07. The second-order valence-corrected chi connectivity index (χ2v) is 4.79. The summed E-state index contributed by atoms with van der Waals surface area (Å²) in [6, 6.07) is 11.4. The summed E-state index contributed by atoms with van der Waals surface area (Å²) in [6.45, 7) is 0. The number of rotatable bonds is 4. The third-order valence-electron chi connectivity index (χ3n) is 3.07. The molecule has 0 unspecified atom stereocenters. The first-order valence-corrected chi connectivity index (χ1v) is 7.12. The number of nitrogens with zero attached hydrogens (tertiary/aromatic N) is 3. The van der Waals surface area contributed by atoms with E-state index in [9.17, 15) is 9.59 Å². The van der Waals surface area contributed by atoms with Gasteiger partial charge in [0.2, 0.25) is 0 Å². The molecular weight excluding hydrogens is 306 g/mol. The molecule has 3 aromatic rings. The highest BCUT2D eigenvalue weighted by Gasteiger charge is 2.13. The van der Waals surface area contributed by atoms with Crippen LogP contribution in [0.5, 0.6) is 0 Å². The van der Waals surface area contributed by atoms with E-state index in [2.05, 4.69) is 25.6 Å². The zero-order chi connectivity index (χ0) is 16.8. The summed E-state index contributed by atoms with van der Waals surface area (Å²) < 4.78 is 0. The molecule has 24 heavy (non-hydrogen) atoms. The summed E-state index contributed by atoms with van der Waals surface area (Å²) in [4.78, 5) is 36.3. The fourth-order valence-corrected chi connectivity index (χ4v) is 1.95. The van der Waals surface area contributed by atoms with Crippen LogP contribution in [0.3, 0.4) is 0 Å². The van der Waals surface area contributed by atoms with E-state index in [1.165, 1.54) is 18.3 Å². The maximum absolute atomic E-state index is 12.2. The van der Waals surface area contributed by atoms with Crippen molar-refractivity contribution in [2.24, 2.45) is 0 Å². The first-order valence-electron chi connectivity index (χ1n) is 7.12. The molecule has 0 aliphatic heterocycles. The van der Waals surface area contributed by atoms with Gasteiger partial charge >= 0.3 is 0 Å². The Morgan fingerprint density at radius 2 is 1.38 bits per heavy atom. The number of amides is 2. The molecule has 7 nitrogen and oxygen atoms in total. The molecule has 0 saturated heterocycles. The molecule has 2 N–H and O–H groups in total. The van der Waals surface area contributed by atoms with Crippen LogP contribution in [0.25, 0.3) is 0 Å². The maximum Gasteiger partial charge on any atom is 0.274 e. The lowest BCUT2D eigenvalue weighted by atomic mass is 10.2. The highest BCUT2D eigenvalue weighted by Crippen LogP contribution is 2.09. The van der Waals surface area contributed by atoms with Crippen LogP contribution in [-0.4, -0.2) is 26.8 Å². The molecule has 118 valence electrons. The lowest BCUT2D eigenvalue weighted by Gasteiger charge is -2.07. The van der Waals surface area contributed by atoms with Gasteiger partial charge in [0.1, 0.15) is 11.4 Å². The van der Waals surface area contributed by atoms with Crippen molar-refractivity contribution in [2.75, 3.05) is 10.6 Å². The van der Waals surface area contributed by atoms with Gasteiger partial charge in [-0.2, -0.15) is 0 Å². The molecule has 3 aromatic heterocycles. The van der Waals surface area contributed by atoms with Gasteiger partial charge in [0.05, 0.1) is 11.9 Å². The Kier molecular flexibility index (Phi) is 4.52. The number of aromatic nitrogens is 3. The summed E-state index contributed by atoms with van der Waals surface area (Å²) in [6.07, 6.45) is 6.28.